The van der Waals surface area contributed by atoms with Gasteiger partial charge in [-0.05, 0) is 51.4 Å². The molecule has 0 saturated heterocycles. The summed E-state index contributed by atoms with van der Waals surface area (Å²) >= 11 is 0. The summed E-state index contributed by atoms with van der Waals surface area (Å²) in [6.07, 6.45) is 44.2. The molecule has 0 aromatic rings. The molecule has 0 radical (unpaired) electrons. The third kappa shape index (κ3) is 41.2. The second-order valence-electron chi connectivity index (χ2n) is 15.4. The Labute approximate surface area is 336 Å². The van der Waals surface area contributed by atoms with Gasteiger partial charge in [-0.3, -0.25) is 18.6 Å². The molecule has 1 N–H and O–H groups in total. The van der Waals surface area contributed by atoms with Crippen molar-refractivity contribution in [3.63, 3.8) is 0 Å². The topological polar surface area (TPSA) is 108 Å². The van der Waals surface area contributed by atoms with Crippen LogP contribution in [0.4, 0.5) is 0 Å². The Bertz CT molecular complexity index is 1120. The van der Waals surface area contributed by atoms with Crippen molar-refractivity contribution >= 4 is 19.8 Å². The van der Waals surface area contributed by atoms with E-state index in [1.165, 1.54) is 83.5 Å². The average molecular weight is 795 g/mol. The molecule has 0 spiro atoms. The monoisotopic (exact) mass is 795 g/mol. The molecule has 0 amide bonds. The number of ether oxygens (including phenoxy) is 2. The predicted octanol–water partition coefficient (Wildman–Crippen LogP) is 12.1. The van der Waals surface area contributed by atoms with Gasteiger partial charge < -0.3 is 18.9 Å². The van der Waals surface area contributed by atoms with Crippen LogP contribution in [0.25, 0.3) is 0 Å². The van der Waals surface area contributed by atoms with E-state index in [0.29, 0.717) is 17.4 Å². The smallest absolute Gasteiger partial charge is 0.462 e. The molecule has 10 heteroatoms. The first kappa shape index (κ1) is 52.7. The fourth-order valence-corrected chi connectivity index (χ4v) is 6.15. The normalized spacial score (nSPS) is 14.2. The lowest BCUT2D eigenvalue weighted by Gasteiger charge is -2.24. The van der Waals surface area contributed by atoms with Crippen LogP contribution in [0.3, 0.4) is 0 Å². The fraction of sp³-hybridized carbons (Fsp3) is 0.733. The second-order valence-corrected chi connectivity index (χ2v) is 16.8. The molecule has 2 unspecified atom stereocenters. The van der Waals surface area contributed by atoms with Crippen molar-refractivity contribution in [3.05, 3.63) is 60.8 Å². The molecule has 0 fully saturated rings. The van der Waals surface area contributed by atoms with Gasteiger partial charge in [0.25, 0.3) is 0 Å². The number of likely N-dealkylation sites (N-methyl/N-ethyl adjacent to an activating group) is 1. The molecular formula is C45H81NO8P+. The van der Waals surface area contributed by atoms with Gasteiger partial charge in [-0.25, -0.2) is 4.57 Å². The van der Waals surface area contributed by atoms with Crippen LogP contribution in [0.15, 0.2) is 60.8 Å². The number of hydrogen-bond donors (Lipinski definition) is 1. The Morgan fingerprint density at radius 2 is 1.02 bits per heavy atom. The summed E-state index contributed by atoms with van der Waals surface area (Å²) < 4.78 is 34.2. The largest absolute Gasteiger partial charge is 0.472 e. The summed E-state index contributed by atoms with van der Waals surface area (Å²) in [5, 5.41) is 0. The van der Waals surface area contributed by atoms with Crippen LogP contribution in [0.5, 0.6) is 0 Å². The zero-order chi connectivity index (χ0) is 40.7. The van der Waals surface area contributed by atoms with Gasteiger partial charge in [0.15, 0.2) is 6.10 Å². The first-order chi connectivity index (χ1) is 26.5. The Hall–Kier alpha value is -2.29. The van der Waals surface area contributed by atoms with Crippen LogP contribution < -0.4 is 0 Å². The Kier molecular flexibility index (Phi) is 35.7. The molecule has 0 aromatic heterocycles. The zero-order valence-corrected chi connectivity index (χ0v) is 36.5. The highest BCUT2D eigenvalue weighted by atomic mass is 31.2. The lowest BCUT2D eigenvalue weighted by atomic mass is 10.0. The van der Waals surface area contributed by atoms with E-state index in [4.69, 9.17) is 18.5 Å². The molecule has 2 atom stereocenters. The number of esters is 2. The number of allylic oxidation sites excluding steroid dienone is 10. The lowest BCUT2D eigenvalue weighted by Crippen LogP contribution is -2.37. The number of carbonyl (C=O) groups excluding carboxylic acids is 2. The average Bonchev–Trinajstić information content (AvgIpc) is 3.13. The fourth-order valence-electron chi connectivity index (χ4n) is 5.41. The van der Waals surface area contributed by atoms with Crippen LogP contribution in [0.1, 0.15) is 162 Å². The molecule has 0 aliphatic heterocycles. The van der Waals surface area contributed by atoms with E-state index >= 15 is 0 Å². The summed E-state index contributed by atoms with van der Waals surface area (Å²) in [7, 11) is 1.43. The molecule has 0 saturated carbocycles. The molecule has 55 heavy (non-hydrogen) atoms. The molecular weight excluding hydrogens is 713 g/mol. The molecule has 0 aromatic carbocycles. The number of hydrogen-bond acceptors (Lipinski definition) is 7. The minimum absolute atomic E-state index is 0.0170. The Balaban J connectivity index is 4.51. The zero-order valence-electron chi connectivity index (χ0n) is 35.6. The maximum Gasteiger partial charge on any atom is 0.472 e. The van der Waals surface area contributed by atoms with Gasteiger partial charge >= 0.3 is 19.8 Å². The van der Waals surface area contributed by atoms with E-state index < -0.39 is 26.5 Å². The third-order valence-corrected chi connectivity index (χ3v) is 9.80. The molecule has 0 aliphatic rings. The maximum atomic E-state index is 12.6. The molecule has 0 rings (SSSR count). The SMILES string of the molecule is CCCCC/C=C\C/C=C\C/C=C\C/C=C\C/C=C\CCC(=O)OC(COC(=O)CCCCCCCCCCCCCC)COP(=O)(O)OCC[N+](C)(C)C. The number of quaternary nitrogens is 1. The van der Waals surface area contributed by atoms with E-state index in [0.717, 1.165) is 44.9 Å². The summed E-state index contributed by atoms with van der Waals surface area (Å²) in [6.45, 7) is 4.29. The first-order valence-electron chi connectivity index (χ1n) is 21.5. The van der Waals surface area contributed by atoms with Gasteiger partial charge in [0.05, 0.1) is 27.7 Å². The van der Waals surface area contributed by atoms with Crippen LogP contribution in [0, 0.1) is 0 Å². The Morgan fingerprint density at radius 1 is 0.564 bits per heavy atom. The van der Waals surface area contributed by atoms with Gasteiger partial charge in [0.1, 0.15) is 19.8 Å². The lowest BCUT2D eigenvalue weighted by molar-refractivity contribution is -0.870. The molecule has 9 nitrogen and oxygen atoms in total. The highest BCUT2D eigenvalue weighted by Crippen LogP contribution is 2.43. The summed E-state index contributed by atoms with van der Waals surface area (Å²) in [5.41, 5.74) is 0. The highest BCUT2D eigenvalue weighted by Gasteiger charge is 2.27. The van der Waals surface area contributed by atoms with Gasteiger partial charge in [0.2, 0.25) is 0 Å². The van der Waals surface area contributed by atoms with Crippen molar-refractivity contribution in [1.29, 1.82) is 0 Å². The van der Waals surface area contributed by atoms with Gasteiger partial charge in [0, 0.05) is 12.8 Å². The predicted molar refractivity (Wildman–Crippen MR) is 229 cm³/mol. The molecule has 0 heterocycles. The van der Waals surface area contributed by atoms with Crippen LogP contribution in [0.2, 0.25) is 0 Å². The van der Waals surface area contributed by atoms with E-state index in [9.17, 15) is 19.0 Å². The maximum absolute atomic E-state index is 12.6. The van der Waals surface area contributed by atoms with Crippen molar-refractivity contribution in [1.82, 2.24) is 0 Å². The van der Waals surface area contributed by atoms with Gasteiger partial charge in [-0.2, -0.15) is 0 Å². The van der Waals surface area contributed by atoms with Crippen LogP contribution in [-0.2, 0) is 32.7 Å². The standard InChI is InChI=1S/C45H80NO8P/c1-6-8-10-12-14-16-18-20-21-22-23-24-25-26-28-30-32-34-36-38-45(48)54-43(42-53-55(49,50)52-40-39-46(3,4)5)41-51-44(47)37-35-33-31-29-27-19-17-15-13-11-9-7-2/h14,16,20-21,23-24,26,28,32,34,43H,6-13,15,17-19,22,25,27,29-31,33,35-42H2,1-5H3/p+1/b16-14-,21-20-,24-23-,28-26-,34-32-. The quantitative estimate of drug-likeness (QED) is 0.0216. The van der Waals surface area contributed by atoms with Crippen molar-refractivity contribution in [3.8, 4) is 0 Å². The minimum atomic E-state index is -4.39. The van der Waals surface area contributed by atoms with Crippen LogP contribution >= 0.6 is 7.82 Å². The second kappa shape index (κ2) is 37.3. The van der Waals surface area contributed by atoms with E-state index in [1.807, 2.05) is 33.3 Å². The summed E-state index contributed by atoms with van der Waals surface area (Å²) in [6, 6.07) is 0. The van der Waals surface area contributed by atoms with Gasteiger partial charge in [-0.1, -0.05) is 158 Å². The highest BCUT2D eigenvalue weighted by molar-refractivity contribution is 7.47. The number of nitrogens with zero attached hydrogens (tertiary/aromatic N) is 1. The molecule has 0 bridgehead atoms. The third-order valence-electron chi connectivity index (χ3n) is 8.81. The van der Waals surface area contributed by atoms with Crippen molar-refractivity contribution < 1.29 is 42.1 Å². The number of unbranched alkanes of at least 4 members (excludes halogenated alkanes) is 14. The Morgan fingerprint density at radius 3 is 1.53 bits per heavy atom. The number of carbonyl (C=O) groups is 2. The van der Waals surface area contributed by atoms with Crippen molar-refractivity contribution in [2.45, 2.75) is 168 Å². The first-order valence-corrected chi connectivity index (χ1v) is 23.0. The van der Waals surface area contributed by atoms with E-state index in [-0.39, 0.29) is 32.0 Å². The number of phosphoric acid groups is 1. The van der Waals surface area contributed by atoms with Gasteiger partial charge in [-0.15, -0.1) is 0 Å². The molecule has 0 aliphatic carbocycles. The van der Waals surface area contributed by atoms with E-state index in [2.05, 4.69) is 62.5 Å². The van der Waals surface area contributed by atoms with E-state index in [1.54, 1.807) is 0 Å². The van der Waals surface area contributed by atoms with Crippen molar-refractivity contribution in [2.75, 3.05) is 47.5 Å². The van der Waals surface area contributed by atoms with Crippen LogP contribution in [-0.4, -0.2) is 74.9 Å². The minimum Gasteiger partial charge on any atom is -0.462 e. The summed E-state index contributed by atoms with van der Waals surface area (Å²) in [5.74, 6) is -0.897. The number of phosphoric ester groups is 1. The van der Waals surface area contributed by atoms with Crippen molar-refractivity contribution in [2.24, 2.45) is 0 Å². The molecule has 318 valence electrons. The summed E-state index contributed by atoms with van der Waals surface area (Å²) in [4.78, 5) is 35.3. The number of rotatable bonds is 38.